The maximum Gasteiger partial charge on any atom is 0.336 e. The van der Waals surface area contributed by atoms with Crippen LogP contribution in [-0.4, -0.2) is 36.5 Å². The number of aromatic carboxylic acids is 1. The number of carboxylic acid groups (broad SMARTS) is 1. The summed E-state index contributed by atoms with van der Waals surface area (Å²) in [5.41, 5.74) is 8.23. The van der Waals surface area contributed by atoms with Gasteiger partial charge >= 0.3 is 5.97 Å². The number of carbonyl (C=O) groups is 2. The monoisotopic (exact) mass is 236 g/mol. The summed E-state index contributed by atoms with van der Waals surface area (Å²) >= 11 is 0. The summed E-state index contributed by atoms with van der Waals surface area (Å²) in [6.45, 7) is 0. The largest absolute Gasteiger partial charge is 0.478 e. The molecular formula is C10H12N4O3. The van der Waals surface area contributed by atoms with Gasteiger partial charge in [-0.05, 0) is 11.6 Å². The Labute approximate surface area is 97.9 Å². The first kappa shape index (κ1) is 14.5. The number of carbonyl (C=O) groups excluding carboxylic acids is 1. The molecule has 7 heteroatoms. The number of carboxylic acids is 1. The lowest BCUT2D eigenvalue weighted by Crippen LogP contribution is -2.06. The lowest BCUT2D eigenvalue weighted by molar-refractivity contribution is -0.115. The van der Waals surface area contributed by atoms with Crippen LogP contribution in [0.3, 0.4) is 0 Å². The number of amides is 1. The molecule has 0 radical (unpaired) electrons. The van der Waals surface area contributed by atoms with E-state index in [1.54, 1.807) is 26.2 Å². The number of nitrogens with zero attached hydrogens (tertiary/aromatic N) is 4. The van der Waals surface area contributed by atoms with Crippen molar-refractivity contribution in [1.29, 1.82) is 0 Å². The molecule has 1 aromatic rings. The van der Waals surface area contributed by atoms with Gasteiger partial charge in [-0.15, -0.1) is 0 Å². The molecule has 0 heterocycles. The number of rotatable bonds is 3. The molecule has 1 aromatic carbocycles. The minimum atomic E-state index is -1.10. The second kappa shape index (κ2) is 7.72. The van der Waals surface area contributed by atoms with E-state index in [2.05, 4.69) is 10.0 Å². The smallest absolute Gasteiger partial charge is 0.336 e. The maximum atomic E-state index is 10.5. The summed E-state index contributed by atoms with van der Waals surface area (Å²) in [4.78, 5) is 23.9. The molecular weight excluding hydrogens is 224 g/mol. The van der Waals surface area contributed by atoms with Gasteiger partial charge in [0.15, 0.2) is 0 Å². The van der Waals surface area contributed by atoms with E-state index in [4.69, 9.17) is 10.6 Å². The molecule has 0 aliphatic heterocycles. The second-order valence-corrected chi connectivity index (χ2v) is 3.08. The Balaban J connectivity index is 0.000000437. The highest BCUT2D eigenvalue weighted by Crippen LogP contribution is 2.18. The standard InChI is InChI=1S/C7H5N3O2.C3H7NO/c8-10-9-6-4-2-1-3-5(6)7(11)12;1-4(2)3-5/h1-4H,(H,11,12);3H,1-2H3. The Morgan fingerprint density at radius 3 is 2.41 bits per heavy atom. The van der Waals surface area contributed by atoms with Gasteiger partial charge in [-0.25, -0.2) is 4.79 Å². The topological polar surface area (TPSA) is 106 Å². The zero-order chi connectivity index (χ0) is 13.3. The molecule has 0 saturated heterocycles. The van der Waals surface area contributed by atoms with Crippen LogP contribution in [0.5, 0.6) is 0 Å². The normalized spacial score (nSPS) is 8.12. The number of benzene rings is 1. The highest BCUT2D eigenvalue weighted by molar-refractivity contribution is 5.93. The van der Waals surface area contributed by atoms with Crippen LogP contribution in [0.25, 0.3) is 10.4 Å². The van der Waals surface area contributed by atoms with Crippen molar-refractivity contribution in [2.75, 3.05) is 14.1 Å². The van der Waals surface area contributed by atoms with Gasteiger partial charge in [0, 0.05) is 19.0 Å². The molecule has 1 rings (SSSR count). The van der Waals surface area contributed by atoms with E-state index >= 15 is 0 Å². The summed E-state index contributed by atoms with van der Waals surface area (Å²) in [7, 11) is 3.38. The van der Waals surface area contributed by atoms with Gasteiger partial charge in [0.25, 0.3) is 0 Å². The van der Waals surface area contributed by atoms with Crippen molar-refractivity contribution in [3.63, 3.8) is 0 Å². The molecule has 0 aliphatic rings. The Bertz CT molecular complexity index is 418. The van der Waals surface area contributed by atoms with Gasteiger partial charge in [-0.3, -0.25) is 4.79 Å². The van der Waals surface area contributed by atoms with Gasteiger partial charge in [0.05, 0.1) is 11.3 Å². The molecule has 0 spiro atoms. The molecule has 0 aliphatic carbocycles. The second-order valence-electron chi connectivity index (χ2n) is 3.08. The Morgan fingerprint density at radius 1 is 1.47 bits per heavy atom. The fraction of sp³-hybridized carbons (Fsp3) is 0.200. The molecule has 1 N–H and O–H groups in total. The third kappa shape index (κ3) is 5.81. The first-order chi connectivity index (χ1) is 8.02. The van der Waals surface area contributed by atoms with Gasteiger partial charge in [0.2, 0.25) is 6.41 Å². The van der Waals surface area contributed by atoms with Crippen molar-refractivity contribution in [3.8, 4) is 0 Å². The molecule has 0 bridgehead atoms. The van der Waals surface area contributed by atoms with Crippen molar-refractivity contribution >= 4 is 18.1 Å². The average molecular weight is 236 g/mol. The third-order valence-corrected chi connectivity index (χ3v) is 1.50. The van der Waals surface area contributed by atoms with Crippen LogP contribution >= 0.6 is 0 Å². The van der Waals surface area contributed by atoms with E-state index in [-0.39, 0.29) is 11.3 Å². The highest BCUT2D eigenvalue weighted by Gasteiger charge is 2.05. The highest BCUT2D eigenvalue weighted by atomic mass is 16.4. The predicted molar refractivity (Wildman–Crippen MR) is 62.0 cm³/mol. The van der Waals surface area contributed by atoms with Crippen LogP contribution in [0.15, 0.2) is 29.4 Å². The van der Waals surface area contributed by atoms with Crippen LogP contribution in [-0.2, 0) is 4.79 Å². The van der Waals surface area contributed by atoms with E-state index in [9.17, 15) is 9.59 Å². The molecule has 0 atom stereocenters. The van der Waals surface area contributed by atoms with Crippen LogP contribution < -0.4 is 0 Å². The molecule has 17 heavy (non-hydrogen) atoms. The first-order valence-electron chi connectivity index (χ1n) is 4.52. The molecule has 90 valence electrons. The summed E-state index contributed by atoms with van der Waals surface area (Å²) in [6.07, 6.45) is 0.750. The van der Waals surface area contributed by atoms with Crippen LogP contribution in [0, 0.1) is 0 Å². The average Bonchev–Trinajstić information content (AvgIpc) is 2.30. The zero-order valence-corrected chi connectivity index (χ0v) is 9.44. The van der Waals surface area contributed by atoms with Gasteiger partial charge in [-0.1, -0.05) is 23.3 Å². The number of hydrogen-bond acceptors (Lipinski definition) is 3. The van der Waals surface area contributed by atoms with Crippen LogP contribution in [0.2, 0.25) is 0 Å². The van der Waals surface area contributed by atoms with Crippen molar-refractivity contribution in [1.82, 2.24) is 4.90 Å². The Morgan fingerprint density at radius 2 is 2.00 bits per heavy atom. The van der Waals surface area contributed by atoms with Gasteiger partial charge in [-0.2, -0.15) is 0 Å². The van der Waals surface area contributed by atoms with Crippen LogP contribution in [0.4, 0.5) is 5.69 Å². The minimum absolute atomic E-state index is 0.00954. The van der Waals surface area contributed by atoms with E-state index in [0.29, 0.717) is 0 Å². The molecule has 0 fully saturated rings. The summed E-state index contributed by atoms with van der Waals surface area (Å²) in [6, 6.07) is 6.01. The fourth-order valence-corrected chi connectivity index (χ4v) is 0.790. The number of hydrogen-bond donors (Lipinski definition) is 1. The lowest BCUT2D eigenvalue weighted by Gasteiger charge is -1.96. The summed E-state index contributed by atoms with van der Waals surface area (Å²) in [5, 5.41) is 11.8. The van der Waals surface area contributed by atoms with E-state index in [1.807, 2.05) is 0 Å². The van der Waals surface area contributed by atoms with Gasteiger partial charge in [0.1, 0.15) is 0 Å². The molecule has 0 aromatic heterocycles. The van der Waals surface area contributed by atoms with Crippen molar-refractivity contribution in [2.24, 2.45) is 5.11 Å². The van der Waals surface area contributed by atoms with Crippen LogP contribution in [0.1, 0.15) is 10.4 Å². The molecule has 7 nitrogen and oxygen atoms in total. The van der Waals surface area contributed by atoms with E-state index < -0.39 is 5.97 Å². The number of azide groups is 1. The molecule has 0 saturated carbocycles. The van der Waals surface area contributed by atoms with E-state index in [1.165, 1.54) is 17.0 Å². The Kier molecular flexibility index (Phi) is 6.57. The predicted octanol–water partition coefficient (Wildman–Crippen LogP) is 2.03. The van der Waals surface area contributed by atoms with Crippen molar-refractivity contribution < 1.29 is 14.7 Å². The summed E-state index contributed by atoms with van der Waals surface area (Å²) in [5.74, 6) is -1.10. The SMILES string of the molecule is CN(C)C=O.[N-]=[N+]=Nc1ccccc1C(=O)O. The quantitative estimate of drug-likeness (QED) is 0.375. The summed E-state index contributed by atoms with van der Waals surface area (Å²) < 4.78 is 0. The Hall–Kier alpha value is -2.53. The lowest BCUT2D eigenvalue weighted by atomic mass is 10.2. The third-order valence-electron chi connectivity index (χ3n) is 1.50. The zero-order valence-electron chi connectivity index (χ0n) is 9.44. The molecule has 1 amide bonds. The first-order valence-corrected chi connectivity index (χ1v) is 4.52. The van der Waals surface area contributed by atoms with Crippen molar-refractivity contribution in [2.45, 2.75) is 0 Å². The molecule has 0 unspecified atom stereocenters. The van der Waals surface area contributed by atoms with Crippen molar-refractivity contribution in [3.05, 3.63) is 40.3 Å². The van der Waals surface area contributed by atoms with Gasteiger partial charge < -0.3 is 10.0 Å². The maximum absolute atomic E-state index is 10.5. The fourth-order valence-electron chi connectivity index (χ4n) is 0.790. The van der Waals surface area contributed by atoms with E-state index in [0.717, 1.165) is 6.41 Å². The minimum Gasteiger partial charge on any atom is -0.478 e.